The largest absolute Gasteiger partial charge is 0.481 e. The van der Waals surface area contributed by atoms with E-state index in [1.807, 2.05) is 20.8 Å². The second kappa shape index (κ2) is 67.9. The van der Waals surface area contributed by atoms with E-state index in [1.54, 1.807) is 34.8 Å². The SMILES string of the molecule is CCC.CCC(=O)O.CCC1CO1.CCCC(F)(F)F.CCN.CCN=[N+]=[N-].CCO.CCOC(F)(F)COCC(F)(F)F.CCOCCO.CCOCCOC.CCc1ccc(C)cc1.Cc1cc(CC(F)(F)F)cc(CC(F)(F)F)c1.Cc1ccc(C(F)(F)C(F)(F)F)cc1. The number of hydrogen-bond donors (Lipinski definition) is 4. The van der Waals surface area contributed by atoms with E-state index in [2.05, 4.69) is 78.4 Å². The number of methoxy groups -OCH3 is 1. The van der Waals surface area contributed by atoms with Gasteiger partial charge in [0.2, 0.25) is 0 Å². The Morgan fingerprint density at radius 1 is 0.598 bits per heavy atom. The molecule has 0 bridgehead atoms. The number of carbonyl (C=O) groups is 1. The van der Waals surface area contributed by atoms with Crippen LogP contribution in [0.4, 0.5) is 83.4 Å². The predicted molar refractivity (Wildman–Crippen MR) is 340 cm³/mol. The number of aliphatic carboxylic acids is 1. The molecule has 0 saturated carbocycles. The maximum Gasteiger partial charge on any atom is 0.458 e. The van der Waals surface area contributed by atoms with Crippen molar-refractivity contribution in [3.63, 3.8) is 0 Å². The molecule has 3 aromatic carbocycles. The minimum Gasteiger partial charge on any atom is -0.481 e. The van der Waals surface area contributed by atoms with Gasteiger partial charge in [-0.2, -0.15) is 83.4 Å². The number of nitrogens with zero attached hydrogens (tertiary/aromatic N) is 3. The van der Waals surface area contributed by atoms with E-state index in [0.29, 0.717) is 50.2 Å². The van der Waals surface area contributed by atoms with Crippen LogP contribution in [0.2, 0.25) is 0 Å². The molecular formula is C64H107F19N4O10. The lowest BCUT2D eigenvalue weighted by Gasteiger charge is -2.19. The number of epoxide rings is 1. The van der Waals surface area contributed by atoms with Gasteiger partial charge in [0.25, 0.3) is 0 Å². The maximum atomic E-state index is 12.7. The molecule has 0 aliphatic carbocycles. The summed E-state index contributed by atoms with van der Waals surface area (Å²) >= 11 is 0. The first-order valence-corrected chi connectivity index (χ1v) is 30.6. The van der Waals surface area contributed by atoms with E-state index >= 15 is 0 Å². The maximum absolute atomic E-state index is 12.7. The zero-order chi connectivity index (χ0) is 78.0. The minimum absolute atomic E-state index is 0.133. The number of aliphatic hydroxyl groups is 2. The quantitative estimate of drug-likeness (QED) is 0.0209. The molecule has 1 unspecified atom stereocenters. The molecule has 1 aliphatic rings. The number of carboxylic acid groups (broad SMARTS) is 1. The van der Waals surface area contributed by atoms with Gasteiger partial charge in [-0.25, -0.2) is 0 Å². The molecule has 97 heavy (non-hydrogen) atoms. The van der Waals surface area contributed by atoms with Gasteiger partial charge in [0.1, 0.15) is 13.2 Å². The molecule has 5 N–H and O–H groups in total. The summed E-state index contributed by atoms with van der Waals surface area (Å²) in [6.07, 6.45) is -25.0. The monoisotopic (exact) mass is 1450 g/mol. The van der Waals surface area contributed by atoms with E-state index in [1.165, 1.54) is 69.0 Å². The van der Waals surface area contributed by atoms with Crippen LogP contribution in [0.5, 0.6) is 0 Å². The third-order valence-corrected chi connectivity index (χ3v) is 9.17. The zero-order valence-electron chi connectivity index (χ0n) is 58.6. The lowest BCUT2D eigenvalue weighted by Crippen LogP contribution is -2.33. The Balaban J connectivity index is -0.000000128. The first-order valence-electron chi connectivity index (χ1n) is 30.6. The topological polar surface area (TPSA) is 211 Å². The molecule has 1 aliphatic heterocycles. The number of nitrogens with two attached hydrogens (primary N) is 1. The van der Waals surface area contributed by atoms with Gasteiger partial charge in [-0.3, -0.25) is 4.79 Å². The summed E-state index contributed by atoms with van der Waals surface area (Å²) in [5.74, 6) is -5.52. The standard InChI is InChI=1S/C11H10F6.C9H7F5.C9H12.C6H9F5O2.C5H12O2.C4H7F3.C4H10O2.C4H8O.C3H6O2.C3H8.C2H5N3.C2H7N.C2H6O/c1-7-2-8(5-10(12,13)14)4-9(3-7)6-11(15,16)17;1-6-2-4-7(5-3-6)8(10,11)9(12,13)14;1-3-9-6-4-8(2)5-7-9;1-2-13-6(10,11)4-12-3-5(7,8)9;1-3-7-5-4-6-2;1-2-3-4(5,6)7;1-2-6-4-3-5;1-2-4-3-5-4;1-2-3(4)5;1-3-2;1-2-4-5-3;2*1-2-3/h2-4H,5-6H2,1H3;2-5H,1H3;4-7H,3H2,1-2H3;2-4H2,1H3;3-5H2,1-2H3;2-3H2,1H3;5H,2-4H2,1H3;4H,2-3H2,1H3;2H2,1H3,(H,4,5);3H2,1-2H3;2H2,1H3;2-3H2,1H3;3H,2H2,1H3. The van der Waals surface area contributed by atoms with E-state index in [9.17, 15) is 88.2 Å². The Hall–Kier alpha value is -5.25. The fourth-order valence-corrected chi connectivity index (χ4v) is 5.05. The Morgan fingerprint density at radius 2 is 1.00 bits per heavy atom. The van der Waals surface area contributed by atoms with Gasteiger partial charge in [0.15, 0.2) is 0 Å². The Kier molecular flexibility index (Phi) is 77.3. The highest BCUT2D eigenvalue weighted by atomic mass is 19.4. The summed E-state index contributed by atoms with van der Waals surface area (Å²) in [7, 11) is 1.67. The van der Waals surface area contributed by atoms with Gasteiger partial charge in [0.05, 0.1) is 58.6 Å². The van der Waals surface area contributed by atoms with E-state index in [-0.39, 0.29) is 43.8 Å². The molecule has 14 nitrogen and oxygen atoms in total. The number of aryl methyl sites for hydroxylation is 4. The first-order chi connectivity index (χ1) is 44.6. The van der Waals surface area contributed by atoms with Crippen molar-refractivity contribution in [3.8, 4) is 0 Å². The number of alkyl halides is 19. The van der Waals surface area contributed by atoms with Crippen LogP contribution in [0.25, 0.3) is 10.4 Å². The number of hydrogen-bond acceptors (Lipinski definition) is 11. The molecule has 1 saturated heterocycles. The summed E-state index contributed by atoms with van der Waals surface area (Å²) in [5, 5.41) is 26.5. The van der Waals surface area contributed by atoms with Gasteiger partial charge in [-0.1, -0.05) is 150 Å². The van der Waals surface area contributed by atoms with E-state index < -0.39 is 86.9 Å². The van der Waals surface area contributed by atoms with Gasteiger partial charge >= 0.3 is 48.9 Å². The van der Waals surface area contributed by atoms with Crippen molar-refractivity contribution < 1.29 is 132 Å². The average Bonchev–Trinajstić information content (AvgIpc) is 1.36. The highest BCUT2D eigenvalue weighted by Crippen LogP contribution is 2.43. The molecule has 3 aromatic rings. The first kappa shape index (κ1) is 110. The minimum atomic E-state index is -5.54. The van der Waals surface area contributed by atoms with Crippen LogP contribution in [-0.4, -0.2) is 157 Å². The summed E-state index contributed by atoms with van der Waals surface area (Å²) in [6.45, 7) is 30.1. The summed E-state index contributed by atoms with van der Waals surface area (Å²) < 4.78 is 252. The van der Waals surface area contributed by atoms with Gasteiger partial charge in [-0.15, -0.1) is 0 Å². The predicted octanol–water partition coefficient (Wildman–Crippen LogP) is 19.6. The highest BCUT2D eigenvalue weighted by molar-refractivity contribution is 5.66. The number of aliphatic hydroxyl groups excluding tert-OH is 2. The molecule has 0 amide bonds. The van der Waals surface area contributed by atoms with Crippen molar-refractivity contribution >= 4 is 5.97 Å². The van der Waals surface area contributed by atoms with Crippen LogP contribution in [0.15, 0.2) is 71.8 Å². The van der Waals surface area contributed by atoms with Crippen molar-refractivity contribution in [2.75, 3.05) is 92.9 Å². The lowest BCUT2D eigenvalue weighted by molar-refractivity contribution is -0.289. The van der Waals surface area contributed by atoms with Crippen molar-refractivity contribution in [2.24, 2.45) is 10.8 Å². The molecule has 33 heteroatoms. The van der Waals surface area contributed by atoms with Gasteiger partial charge < -0.3 is 49.5 Å². The van der Waals surface area contributed by atoms with Crippen LogP contribution < -0.4 is 5.73 Å². The zero-order valence-corrected chi connectivity index (χ0v) is 58.6. The number of ether oxygens (including phenoxy) is 6. The number of azide groups is 1. The molecule has 576 valence electrons. The molecule has 1 fully saturated rings. The Labute approximate surface area is 560 Å². The fourth-order valence-electron chi connectivity index (χ4n) is 5.05. The summed E-state index contributed by atoms with van der Waals surface area (Å²) in [6, 6.07) is 16.1. The van der Waals surface area contributed by atoms with Crippen molar-refractivity contribution in [3.05, 3.63) is 116 Å². The number of carboxylic acids is 1. The second-order valence-corrected chi connectivity index (χ2v) is 18.9. The van der Waals surface area contributed by atoms with Gasteiger partial charge in [-0.05, 0) is 96.5 Å². The summed E-state index contributed by atoms with van der Waals surface area (Å²) in [4.78, 5) is 11.8. The summed E-state index contributed by atoms with van der Waals surface area (Å²) in [5.41, 5.74) is 14.8. The highest BCUT2D eigenvalue weighted by Gasteiger charge is 2.58. The Morgan fingerprint density at radius 3 is 1.23 bits per heavy atom. The average molecular weight is 1450 g/mol. The molecule has 0 radical (unpaired) electrons. The third kappa shape index (κ3) is 97.2. The molecule has 1 atom stereocenters. The molecule has 0 aromatic heterocycles. The van der Waals surface area contributed by atoms with E-state index in [0.717, 1.165) is 44.4 Å². The lowest BCUT2D eigenvalue weighted by atomic mass is 10.0. The number of benzene rings is 3. The molecule has 4 rings (SSSR count). The van der Waals surface area contributed by atoms with Crippen LogP contribution in [-0.2, 0) is 58.4 Å². The van der Waals surface area contributed by atoms with Crippen LogP contribution in [0.3, 0.4) is 0 Å². The van der Waals surface area contributed by atoms with Crippen LogP contribution in [0, 0.1) is 20.8 Å². The number of rotatable bonds is 20. The van der Waals surface area contributed by atoms with Crippen molar-refractivity contribution in [1.29, 1.82) is 0 Å². The second-order valence-electron chi connectivity index (χ2n) is 18.9. The van der Waals surface area contributed by atoms with Crippen LogP contribution in [0.1, 0.15) is 154 Å². The Bertz CT molecular complexity index is 2170. The normalized spacial score (nSPS) is 11.9. The molecular weight excluding hydrogens is 1350 g/mol. The van der Waals surface area contributed by atoms with E-state index in [4.69, 9.17) is 45.5 Å². The van der Waals surface area contributed by atoms with Gasteiger partial charge in [0, 0.05) is 56.8 Å². The molecule has 1 heterocycles. The van der Waals surface area contributed by atoms with Crippen LogP contribution >= 0.6 is 0 Å². The molecule has 0 spiro atoms. The van der Waals surface area contributed by atoms with Crippen molar-refractivity contribution in [1.82, 2.24) is 0 Å². The van der Waals surface area contributed by atoms with Crippen molar-refractivity contribution in [2.45, 2.75) is 204 Å². The third-order valence-electron chi connectivity index (χ3n) is 9.17. The smallest absolute Gasteiger partial charge is 0.458 e. The fraction of sp³-hybridized carbons (Fsp3) is 0.703. The number of halogens is 19.